The lowest BCUT2D eigenvalue weighted by Crippen LogP contribution is -2.41. The van der Waals surface area contributed by atoms with Gasteiger partial charge < -0.3 is 4.90 Å². The summed E-state index contributed by atoms with van der Waals surface area (Å²) in [6, 6.07) is 4.13. The zero-order chi connectivity index (χ0) is 15.4. The van der Waals surface area contributed by atoms with E-state index in [2.05, 4.69) is 15.9 Å². The molecule has 1 aromatic carbocycles. The lowest BCUT2D eigenvalue weighted by atomic mass is 10.0. The Labute approximate surface area is 132 Å². The summed E-state index contributed by atoms with van der Waals surface area (Å²) in [4.78, 5) is 25.9. The Morgan fingerprint density at radius 2 is 2.05 bits per heavy atom. The van der Waals surface area contributed by atoms with Gasteiger partial charge in [-0.15, -0.1) is 0 Å². The van der Waals surface area contributed by atoms with E-state index in [9.17, 15) is 14.0 Å². The Balaban J connectivity index is 2.26. The van der Waals surface area contributed by atoms with E-state index in [1.54, 1.807) is 17.9 Å². The molecule has 1 unspecified atom stereocenters. The number of ketones is 1. The van der Waals surface area contributed by atoms with E-state index < -0.39 is 5.82 Å². The molecule has 1 atom stereocenters. The van der Waals surface area contributed by atoms with E-state index in [1.807, 2.05) is 0 Å². The van der Waals surface area contributed by atoms with Gasteiger partial charge in [0.1, 0.15) is 11.6 Å². The van der Waals surface area contributed by atoms with E-state index in [4.69, 9.17) is 0 Å². The van der Waals surface area contributed by atoms with Gasteiger partial charge in [0.2, 0.25) is 0 Å². The number of likely N-dealkylation sites (tertiary alicyclic amines) is 1. The molecule has 0 saturated carbocycles. The molecule has 1 heterocycles. The molecule has 0 N–H and O–H groups in total. The normalized spacial score (nSPS) is 19.2. The van der Waals surface area contributed by atoms with E-state index in [1.165, 1.54) is 12.1 Å². The summed E-state index contributed by atoms with van der Waals surface area (Å²) in [5.74, 6) is -0.547. The molecule has 1 fully saturated rings. The molecule has 0 aromatic heterocycles. The number of Topliss-reactive ketones (excluding diaryl/α,β-unsaturated/α-hetero) is 1. The van der Waals surface area contributed by atoms with Crippen LogP contribution in [0.15, 0.2) is 22.7 Å². The van der Waals surface area contributed by atoms with Crippen LogP contribution in [-0.4, -0.2) is 29.2 Å². The van der Waals surface area contributed by atoms with Crippen molar-refractivity contribution in [2.75, 3.05) is 6.54 Å². The highest BCUT2D eigenvalue weighted by Gasteiger charge is 2.27. The van der Waals surface area contributed by atoms with Crippen molar-refractivity contribution in [3.8, 4) is 0 Å². The molecule has 0 spiro atoms. The summed E-state index contributed by atoms with van der Waals surface area (Å²) in [5.41, 5.74) is 0.331. The van der Waals surface area contributed by atoms with Crippen LogP contribution in [-0.2, 0) is 4.79 Å². The maximum absolute atomic E-state index is 13.5. The fourth-order valence-corrected chi connectivity index (χ4v) is 3.30. The molecule has 3 nitrogen and oxygen atoms in total. The molecule has 1 aromatic rings. The van der Waals surface area contributed by atoms with Gasteiger partial charge in [0.15, 0.2) is 0 Å². The minimum absolute atomic E-state index is 0.0699. The predicted octanol–water partition coefficient (Wildman–Crippen LogP) is 3.95. The van der Waals surface area contributed by atoms with Gasteiger partial charge in [-0.05, 0) is 38.0 Å². The molecule has 114 valence electrons. The first-order chi connectivity index (χ1) is 9.97. The van der Waals surface area contributed by atoms with Crippen LogP contribution >= 0.6 is 15.9 Å². The van der Waals surface area contributed by atoms with Crippen molar-refractivity contribution in [2.45, 2.75) is 45.1 Å². The van der Waals surface area contributed by atoms with Gasteiger partial charge in [-0.25, -0.2) is 4.39 Å². The molecule has 1 aliphatic heterocycles. The standard InChI is InChI=1S/C16H19BrFNO2/c1-11(20)7-15-5-3-2-4-6-19(15)16(21)12-8-13(17)10-14(18)9-12/h8-10,15H,2-7H2,1H3. The highest BCUT2D eigenvalue weighted by atomic mass is 79.9. The number of carbonyl (C=O) groups is 2. The molecular weight excluding hydrogens is 337 g/mol. The van der Waals surface area contributed by atoms with Crippen molar-refractivity contribution in [3.05, 3.63) is 34.1 Å². The highest BCUT2D eigenvalue weighted by molar-refractivity contribution is 9.10. The number of hydrogen-bond acceptors (Lipinski definition) is 2. The van der Waals surface area contributed by atoms with Crippen molar-refractivity contribution in [1.82, 2.24) is 4.90 Å². The predicted molar refractivity (Wildman–Crippen MR) is 82.7 cm³/mol. The number of rotatable bonds is 3. The average Bonchev–Trinajstić information content (AvgIpc) is 2.61. The van der Waals surface area contributed by atoms with Gasteiger partial charge in [-0.3, -0.25) is 9.59 Å². The first-order valence-corrected chi connectivity index (χ1v) is 8.03. The monoisotopic (exact) mass is 355 g/mol. The summed E-state index contributed by atoms with van der Waals surface area (Å²) < 4.78 is 14.0. The second kappa shape index (κ2) is 7.16. The SMILES string of the molecule is CC(=O)CC1CCCCCN1C(=O)c1cc(F)cc(Br)c1. The molecule has 1 amide bonds. The van der Waals surface area contributed by atoms with E-state index >= 15 is 0 Å². The van der Waals surface area contributed by atoms with Crippen LogP contribution in [0.5, 0.6) is 0 Å². The summed E-state index contributed by atoms with van der Waals surface area (Å²) in [5, 5.41) is 0. The first-order valence-electron chi connectivity index (χ1n) is 7.24. The molecule has 0 bridgehead atoms. The molecule has 0 radical (unpaired) electrons. The number of benzene rings is 1. The molecule has 2 rings (SSSR count). The quantitative estimate of drug-likeness (QED) is 0.822. The van der Waals surface area contributed by atoms with Crippen LogP contribution in [0.3, 0.4) is 0 Å². The summed E-state index contributed by atoms with van der Waals surface area (Å²) >= 11 is 3.21. The minimum atomic E-state index is -0.439. The third kappa shape index (κ3) is 4.37. The van der Waals surface area contributed by atoms with Crippen molar-refractivity contribution < 1.29 is 14.0 Å². The Morgan fingerprint density at radius 3 is 2.71 bits per heavy atom. The van der Waals surface area contributed by atoms with Crippen molar-refractivity contribution >= 4 is 27.6 Å². The second-order valence-corrected chi connectivity index (χ2v) is 6.48. The zero-order valence-corrected chi connectivity index (χ0v) is 13.7. The van der Waals surface area contributed by atoms with Crippen LogP contribution in [0.25, 0.3) is 0 Å². The minimum Gasteiger partial charge on any atom is -0.335 e. The van der Waals surface area contributed by atoms with E-state index in [-0.39, 0.29) is 17.7 Å². The van der Waals surface area contributed by atoms with Gasteiger partial charge in [-0.1, -0.05) is 28.8 Å². The Hall–Kier alpha value is -1.23. The number of nitrogens with zero attached hydrogens (tertiary/aromatic N) is 1. The van der Waals surface area contributed by atoms with E-state index in [0.717, 1.165) is 25.7 Å². The molecule has 1 aliphatic rings. The topological polar surface area (TPSA) is 37.4 Å². The fourth-order valence-electron chi connectivity index (χ4n) is 2.83. The molecule has 21 heavy (non-hydrogen) atoms. The van der Waals surface area contributed by atoms with Crippen LogP contribution in [0.4, 0.5) is 4.39 Å². The molecule has 1 saturated heterocycles. The Morgan fingerprint density at radius 1 is 1.29 bits per heavy atom. The van der Waals surface area contributed by atoms with Crippen molar-refractivity contribution in [2.24, 2.45) is 0 Å². The summed E-state index contributed by atoms with van der Waals surface area (Å²) in [6.45, 7) is 2.18. The molecular formula is C16H19BrFNO2. The Bertz CT molecular complexity index is 527. The second-order valence-electron chi connectivity index (χ2n) is 5.57. The van der Waals surface area contributed by atoms with Gasteiger partial charge >= 0.3 is 0 Å². The number of amides is 1. The van der Waals surface area contributed by atoms with Gasteiger partial charge in [-0.2, -0.15) is 0 Å². The number of carbonyl (C=O) groups excluding carboxylic acids is 2. The largest absolute Gasteiger partial charge is 0.335 e. The van der Waals surface area contributed by atoms with Crippen LogP contribution in [0, 0.1) is 5.82 Å². The lowest BCUT2D eigenvalue weighted by Gasteiger charge is -2.29. The maximum Gasteiger partial charge on any atom is 0.254 e. The van der Waals surface area contributed by atoms with Crippen molar-refractivity contribution in [3.63, 3.8) is 0 Å². The maximum atomic E-state index is 13.5. The number of halogens is 2. The van der Waals surface area contributed by atoms with Crippen LogP contribution < -0.4 is 0 Å². The lowest BCUT2D eigenvalue weighted by molar-refractivity contribution is -0.118. The summed E-state index contributed by atoms with van der Waals surface area (Å²) in [7, 11) is 0. The molecule has 0 aliphatic carbocycles. The molecule has 5 heteroatoms. The van der Waals surface area contributed by atoms with E-state index in [0.29, 0.717) is 23.0 Å². The van der Waals surface area contributed by atoms with Gasteiger partial charge in [0.25, 0.3) is 5.91 Å². The van der Waals surface area contributed by atoms with Gasteiger partial charge in [0, 0.05) is 29.0 Å². The van der Waals surface area contributed by atoms with Crippen LogP contribution in [0.1, 0.15) is 49.4 Å². The van der Waals surface area contributed by atoms with Crippen LogP contribution in [0.2, 0.25) is 0 Å². The Kier molecular flexibility index (Phi) is 5.51. The van der Waals surface area contributed by atoms with Crippen molar-refractivity contribution in [1.29, 1.82) is 0 Å². The first kappa shape index (κ1) is 16.1. The highest BCUT2D eigenvalue weighted by Crippen LogP contribution is 2.23. The smallest absolute Gasteiger partial charge is 0.254 e. The number of hydrogen-bond donors (Lipinski definition) is 0. The zero-order valence-electron chi connectivity index (χ0n) is 12.1. The summed E-state index contributed by atoms with van der Waals surface area (Å²) in [6.07, 6.45) is 4.22. The fraction of sp³-hybridized carbons (Fsp3) is 0.500. The average molecular weight is 356 g/mol. The van der Waals surface area contributed by atoms with Gasteiger partial charge in [0.05, 0.1) is 0 Å². The third-order valence-corrected chi connectivity index (χ3v) is 4.23. The third-order valence-electron chi connectivity index (χ3n) is 3.77.